The molecule has 2 aliphatic heterocycles. The number of hydrogen-bond acceptors (Lipinski definition) is 9. The van der Waals surface area contributed by atoms with Crippen LogP contribution in [0.4, 0.5) is 5.69 Å². The molecule has 1 saturated heterocycles. The van der Waals surface area contributed by atoms with Gasteiger partial charge in [0, 0.05) is 51.8 Å². The molecule has 0 unspecified atom stereocenters. The van der Waals surface area contributed by atoms with Crippen LogP contribution in [-0.2, 0) is 47.0 Å². The molecule has 4 atom stereocenters. The molecule has 0 spiro atoms. The van der Waals surface area contributed by atoms with Crippen LogP contribution in [0.3, 0.4) is 0 Å². The Bertz CT molecular complexity index is 1680. The summed E-state index contributed by atoms with van der Waals surface area (Å²) in [6.07, 6.45) is 0.866. The average molecular weight is 739 g/mol. The molecule has 11 nitrogen and oxygen atoms in total. The summed E-state index contributed by atoms with van der Waals surface area (Å²) in [7, 11) is -2.25. The van der Waals surface area contributed by atoms with Gasteiger partial charge in [-0.05, 0) is 81.0 Å². The molecule has 0 radical (unpaired) electrons. The Labute approximate surface area is 308 Å². The number of methoxy groups -OCH3 is 1. The number of aliphatic carboxylic acids is 1. The fourth-order valence-electron chi connectivity index (χ4n) is 7.01. The van der Waals surface area contributed by atoms with E-state index in [1.54, 1.807) is 31.4 Å². The summed E-state index contributed by atoms with van der Waals surface area (Å²) in [6.45, 7) is 10.7. The van der Waals surface area contributed by atoms with E-state index >= 15 is 0 Å². The third-order valence-corrected chi connectivity index (χ3v) is 11.7. The van der Waals surface area contributed by atoms with Gasteiger partial charge in [-0.2, -0.15) is 4.31 Å². The largest absolute Gasteiger partial charge is 0.490 e. The quantitative estimate of drug-likeness (QED) is 0.143. The van der Waals surface area contributed by atoms with Crippen LogP contribution in [0.15, 0.2) is 71.6 Å². The van der Waals surface area contributed by atoms with Gasteiger partial charge in [0.2, 0.25) is 10.0 Å². The lowest BCUT2D eigenvalue weighted by molar-refractivity contribution is -0.137. The zero-order valence-electron chi connectivity index (χ0n) is 30.9. The maximum atomic E-state index is 14.2. The highest BCUT2D eigenvalue weighted by molar-refractivity contribution is 7.89. The van der Waals surface area contributed by atoms with Crippen molar-refractivity contribution in [1.29, 1.82) is 0 Å². The molecular formula is C40H54N2O9S. The molecule has 3 aromatic rings. The Hall–Kier alpha value is -3.52. The number of rotatable bonds is 19. The number of carboxylic acids is 1. The van der Waals surface area contributed by atoms with Gasteiger partial charge in [-0.25, -0.2) is 8.42 Å². The maximum Gasteiger partial charge on any atom is 0.303 e. The molecule has 1 N–H and O–H groups in total. The molecule has 0 aliphatic carbocycles. The van der Waals surface area contributed by atoms with Crippen LogP contribution in [0, 0.1) is 6.92 Å². The van der Waals surface area contributed by atoms with Gasteiger partial charge in [0.25, 0.3) is 0 Å². The molecule has 5 rings (SSSR count). The molecule has 0 saturated carbocycles. The van der Waals surface area contributed by atoms with E-state index in [-0.39, 0.29) is 42.9 Å². The van der Waals surface area contributed by atoms with Crippen LogP contribution in [0.5, 0.6) is 5.75 Å². The molecule has 2 heterocycles. The van der Waals surface area contributed by atoms with Gasteiger partial charge in [0.15, 0.2) is 0 Å². The van der Waals surface area contributed by atoms with E-state index in [2.05, 4.69) is 23.1 Å². The molecule has 0 aromatic heterocycles. The minimum absolute atomic E-state index is 0.00709. The van der Waals surface area contributed by atoms with Crippen LogP contribution in [-0.4, -0.2) is 95.2 Å². The number of aryl methyl sites for hydroxylation is 1. The van der Waals surface area contributed by atoms with Gasteiger partial charge in [-0.15, -0.1) is 0 Å². The molecule has 52 heavy (non-hydrogen) atoms. The van der Waals surface area contributed by atoms with Gasteiger partial charge in [-0.1, -0.05) is 48.0 Å². The molecular weight excluding hydrogens is 685 g/mol. The highest BCUT2D eigenvalue weighted by Gasteiger charge is 2.43. The van der Waals surface area contributed by atoms with E-state index in [0.717, 1.165) is 53.2 Å². The number of nitrogens with zero attached hydrogens (tertiary/aromatic N) is 2. The first-order valence-corrected chi connectivity index (χ1v) is 19.7. The number of piperidine rings is 1. The SMILES string of the molecule is CCO[C@H](C)COCc1ccc([C@H]2C[C@H](CCC(=O)O)N(S(=O)(=O)c3ccc(C)cc3)C[C@@H]2OCc2ccc3c(c2)N(CCCOC)CCO3)cc1. The molecule has 2 aliphatic rings. The van der Waals surface area contributed by atoms with Gasteiger partial charge in [0.05, 0.1) is 49.2 Å². The van der Waals surface area contributed by atoms with Crippen molar-refractivity contribution in [2.45, 2.75) is 88.7 Å². The maximum absolute atomic E-state index is 14.2. The smallest absolute Gasteiger partial charge is 0.303 e. The summed E-state index contributed by atoms with van der Waals surface area (Å²) in [6, 6.07) is 20.5. The lowest BCUT2D eigenvalue weighted by atomic mass is 9.82. The van der Waals surface area contributed by atoms with Crippen LogP contribution in [0.2, 0.25) is 0 Å². The summed E-state index contributed by atoms with van der Waals surface area (Å²) < 4.78 is 59.3. The molecule has 284 valence electrons. The van der Waals surface area contributed by atoms with Crippen molar-refractivity contribution >= 4 is 21.7 Å². The number of hydrogen-bond donors (Lipinski definition) is 1. The van der Waals surface area contributed by atoms with E-state index in [1.165, 1.54) is 4.31 Å². The monoisotopic (exact) mass is 738 g/mol. The Kier molecular flexibility index (Phi) is 14.5. The second-order valence-corrected chi connectivity index (χ2v) is 15.6. The number of sulfonamides is 1. The van der Waals surface area contributed by atoms with Crippen LogP contribution in [0.25, 0.3) is 0 Å². The standard InChI is InChI=1S/C40H54N2O9S/c1-5-49-30(3)26-48-27-31-9-12-33(13-10-31)36-24-34(14-18-40(43)44)42(52(45,46)35-15-7-29(2)8-16-35)25-39(36)51-28-32-11-17-38-37(23-32)41(20-22-50-38)19-6-21-47-4/h7-13,15-17,23,30,34,36,39H,5-6,14,18-22,24-28H2,1-4H3,(H,43,44)/t30-,34+,36-,39+/m1/s1. The predicted octanol–water partition coefficient (Wildman–Crippen LogP) is 6.17. The van der Waals surface area contributed by atoms with Gasteiger partial charge in [0.1, 0.15) is 12.4 Å². The number of fused-ring (bicyclic) bond motifs is 1. The Morgan fingerprint density at radius 2 is 1.79 bits per heavy atom. The third-order valence-electron chi connectivity index (χ3n) is 9.76. The molecule has 1 fully saturated rings. The first-order chi connectivity index (χ1) is 25.1. The second kappa shape index (κ2) is 19.0. The fraction of sp³-hybridized carbons (Fsp3) is 0.525. The van der Waals surface area contributed by atoms with Gasteiger partial charge < -0.3 is 33.7 Å². The normalized spacial score (nSPS) is 19.9. The van der Waals surface area contributed by atoms with Crippen LogP contribution >= 0.6 is 0 Å². The van der Waals surface area contributed by atoms with E-state index in [9.17, 15) is 18.3 Å². The summed E-state index contributed by atoms with van der Waals surface area (Å²) in [4.78, 5) is 14.2. The number of anilines is 1. The predicted molar refractivity (Wildman–Crippen MR) is 199 cm³/mol. The Morgan fingerprint density at radius 1 is 1.04 bits per heavy atom. The summed E-state index contributed by atoms with van der Waals surface area (Å²) >= 11 is 0. The lowest BCUT2D eigenvalue weighted by Crippen LogP contribution is -2.52. The number of benzene rings is 3. The summed E-state index contributed by atoms with van der Waals surface area (Å²) in [5, 5.41) is 9.62. The van der Waals surface area contributed by atoms with E-state index in [1.807, 2.05) is 45.0 Å². The lowest BCUT2D eigenvalue weighted by Gasteiger charge is -2.43. The van der Waals surface area contributed by atoms with E-state index < -0.39 is 28.1 Å². The zero-order chi connectivity index (χ0) is 37.1. The summed E-state index contributed by atoms with van der Waals surface area (Å²) in [5.41, 5.74) is 4.93. The molecule has 3 aromatic carbocycles. The van der Waals surface area contributed by atoms with Crippen molar-refractivity contribution in [3.05, 3.63) is 89.0 Å². The first-order valence-electron chi connectivity index (χ1n) is 18.3. The van der Waals surface area contributed by atoms with E-state index in [4.69, 9.17) is 23.7 Å². The van der Waals surface area contributed by atoms with Crippen LogP contribution < -0.4 is 9.64 Å². The zero-order valence-corrected chi connectivity index (χ0v) is 31.7. The Balaban J connectivity index is 1.41. The number of ether oxygens (including phenoxy) is 5. The Morgan fingerprint density at radius 3 is 2.50 bits per heavy atom. The van der Waals surface area contributed by atoms with E-state index in [0.29, 0.717) is 39.5 Å². The van der Waals surface area contributed by atoms with Crippen molar-refractivity contribution in [3.8, 4) is 5.75 Å². The minimum atomic E-state index is -3.96. The first kappa shape index (κ1) is 39.7. The number of carboxylic acid groups (broad SMARTS) is 1. The molecule has 12 heteroatoms. The van der Waals surface area contributed by atoms with Crippen LogP contribution in [0.1, 0.15) is 67.7 Å². The third kappa shape index (κ3) is 10.5. The second-order valence-electron chi connectivity index (χ2n) is 13.7. The highest BCUT2D eigenvalue weighted by Crippen LogP contribution is 2.39. The van der Waals surface area contributed by atoms with Crippen molar-refractivity contribution in [2.24, 2.45) is 0 Å². The summed E-state index contributed by atoms with van der Waals surface area (Å²) in [5.74, 6) is -0.308. The highest BCUT2D eigenvalue weighted by atomic mass is 32.2. The minimum Gasteiger partial charge on any atom is -0.490 e. The van der Waals surface area contributed by atoms with Crippen molar-refractivity contribution < 1.29 is 42.0 Å². The van der Waals surface area contributed by atoms with Crippen molar-refractivity contribution in [3.63, 3.8) is 0 Å². The fourth-order valence-corrected chi connectivity index (χ4v) is 8.69. The van der Waals surface area contributed by atoms with Crippen molar-refractivity contribution in [1.82, 2.24) is 4.31 Å². The molecule has 0 bridgehead atoms. The number of carbonyl (C=O) groups is 1. The van der Waals surface area contributed by atoms with Gasteiger partial charge >= 0.3 is 5.97 Å². The topological polar surface area (TPSA) is 124 Å². The van der Waals surface area contributed by atoms with Crippen molar-refractivity contribution in [2.75, 3.05) is 58.1 Å². The van der Waals surface area contributed by atoms with Gasteiger partial charge in [-0.3, -0.25) is 4.79 Å². The molecule has 0 amide bonds. The average Bonchev–Trinajstić information content (AvgIpc) is 3.13.